The van der Waals surface area contributed by atoms with E-state index < -0.39 is 86.9 Å². The number of hydrogen-bond donors (Lipinski definition) is 9. The second kappa shape index (κ2) is 17.5. The van der Waals surface area contributed by atoms with Gasteiger partial charge in [-0.3, -0.25) is 38.7 Å². The van der Waals surface area contributed by atoms with E-state index in [2.05, 4.69) is 0 Å². The van der Waals surface area contributed by atoms with Crippen molar-refractivity contribution in [2.45, 2.75) is 37.1 Å². The average molecular weight is 540 g/mol. The highest BCUT2D eigenvalue weighted by atomic mass is 16.4. The predicted octanol–water partition coefficient (Wildman–Crippen LogP) is -5.66. The van der Waals surface area contributed by atoms with E-state index >= 15 is 0 Å². The first kappa shape index (κ1) is 34.1. The van der Waals surface area contributed by atoms with Gasteiger partial charge in [0.05, 0.1) is 57.1 Å². The second-order valence-electron chi connectivity index (χ2n) is 8.38. The number of aliphatic hydroxyl groups excluding tert-OH is 4. The molecule has 17 heteroatoms. The van der Waals surface area contributed by atoms with Crippen LogP contribution in [-0.4, -0.2) is 163 Å². The summed E-state index contributed by atoms with van der Waals surface area (Å²) in [6.45, 7) is -4.12. The maximum absolute atomic E-state index is 11.9. The van der Waals surface area contributed by atoms with Gasteiger partial charge in [0.2, 0.25) is 11.8 Å². The molecule has 0 radical (unpaired) electrons. The summed E-state index contributed by atoms with van der Waals surface area (Å²) in [4.78, 5) is 61.3. The summed E-state index contributed by atoms with van der Waals surface area (Å²) in [5.74, 6) is -5.91. The first-order valence-corrected chi connectivity index (χ1v) is 11.2. The Labute approximate surface area is 212 Å². The lowest BCUT2D eigenvalue weighted by molar-refractivity contribution is -0.142. The molecule has 11 N–H and O–H groups in total. The number of nitrogens with two attached hydrogens (primary N) is 2. The minimum absolute atomic E-state index is 0.153. The number of hydrogen-bond acceptors (Lipinski definition) is 12. The van der Waals surface area contributed by atoms with Gasteiger partial charge in [-0.25, -0.2) is 0 Å². The summed E-state index contributed by atoms with van der Waals surface area (Å²) < 4.78 is 0. The van der Waals surface area contributed by atoms with Crippen LogP contribution in [0, 0.1) is 0 Å². The van der Waals surface area contributed by atoms with E-state index in [9.17, 15) is 49.5 Å². The van der Waals surface area contributed by atoms with E-state index in [0.717, 1.165) is 9.80 Å². The highest BCUT2D eigenvalue weighted by Crippen LogP contribution is 2.11. The molecular weight excluding hydrogens is 502 g/mol. The maximum Gasteiger partial charge on any atom is 0.317 e. The van der Waals surface area contributed by atoms with Crippen LogP contribution in [0.1, 0.15) is 12.8 Å². The van der Waals surface area contributed by atoms with E-state index in [0.29, 0.717) is 0 Å². The zero-order chi connectivity index (χ0) is 28.7. The molecule has 0 spiro atoms. The number of carboxylic acids is 3. The van der Waals surface area contributed by atoms with Gasteiger partial charge in [-0.1, -0.05) is 0 Å². The van der Waals surface area contributed by atoms with Crippen molar-refractivity contribution in [3.63, 3.8) is 0 Å². The van der Waals surface area contributed by atoms with Crippen molar-refractivity contribution in [1.29, 1.82) is 0 Å². The highest BCUT2D eigenvalue weighted by Gasteiger charge is 2.30. The molecule has 4 unspecified atom stereocenters. The number of aliphatic hydroxyl groups is 4. The van der Waals surface area contributed by atoms with E-state index in [-0.39, 0.29) is 39.0 Å². The smallest absolute Gasteiger partial charge is 0.317 e. The number of rotatable bonds is 22. The molecule has 0 saturated carbocycles. The van der Waals surface area contributed by atoms with Gasteiger partial charge < -0.3 is 47.2 Å². The van der Waals surface area contributed by atoms with Crippen molar-refractivity contribution >= 4 is 29.7 Å². The number of nitrogens with zero attached hydrogens (tertiary/aromatic N) is 3. The predicted molar refractivity (Wildman–Crippen MR) is 124 cm³/mol. The average Bonchev–Trinajstić information content (AvgIpc) is 2.79. The molecule has 0 rings (SSSR count). The Kier molecular flexibility index (Phi) is 16.1. The Hall–Kier alpha value is -2.93. The molecule has 0 saturated heterocycles. The summed E-state index contributed by atoms with van der Waals surface area (Å²) >= 11 is 0. The fourth-order valence-corrected chi connectivity index (χ4v) is 3.59. The molecule has 4 atom stereocenters. The summed E-state index contributed by atoms with van der Waals surface area (Å²) in [5.41, 5.74) is 10.7. The van der Waals surface area contributed by atoms with E-state index in [1.54, 1.807) is 0 Å². The van der Waals surface area contributed by atoms with Crippen LogP contribution in [0.3, 0.4) is 0 Å². The second-order valence-corrected chi connectivity index (χ2v) is 8.38. The number of carboxylic acid groups (broad SMARTS) is 3. The largest absolute Gasteiger partial charge is 0.480 e. The van der Waals surface area contributed by atoms with Crippen molar-refractivity contribution in [2.75, 3.05) is 59.0 Å². The van der Waals surface area contributed by atoms with Crippen molar-refractivity contribution in [2.24, 2.45) is 11.5 Å². The van der Waals surface area contributed by atoms with Crippen LogP contribution in [-0.2, 0) is 24.0 Å². The third-order valence-electron chi connectivity index (χ3n) is 5.39. The van der Waals surface area contributed by atoms with E-state index in [1.807, 2.05) is 0 Å². The molecule has 37 heavy (non-hydrogen) atoms. The van der Waals surface area contributed by atoms with Crippen molar-refractivity contribution in [3.05, 3.63) is 0 Å². The monoisotopic (exact) mass is 539 g/mol. The Morgan fingerprint density at radius 1 is 0.595 bits per heavy atom. The Morgan fingerprint density at radius 3 is 1.16 bits per heavy atom. The normalized spacial score (nSPS) is 14.9. The van der Waals surface area contributed by atoms with Crippen LogP contribution in [0.15, 0.2) is 0 Å². The van der Waals surface area contributed by atoms with E-state index in [4.69, 9.17) is 21.7 Å². The number of primary amides is 2. The highest BCUT2D eigenvalue weighted by molar-refractivity contribution is 5.81. The number of carbonyl (C=O) groups is 5. The summed E-state index contributed by atoms with van der Waals surface area (Å²) in [5, 5.41) is 65.3. The lowest BCUT2D eigenvalue weighted by Gasteiger charge is -2.33. The van der Waals surface area contributed by atoms with Crippen molar-refractivity contribution in [1.82, 2.24) is 14.7 Å². The number of carbonyl (C=O) groups excluding carboxylic acids is 2. The molecule has 0 aromatic rings. The lowest BCUT2D eigenvalue weighted by atomic mass is 10.1. The number of aliphatic carboxylic acids is 3. The van der Waals surface area contributed by atoms with Gasteiger partial charge in [0.25, 0.3) is 0 Å². The minimum atomic E-state index is -1.37. The van der Waals surface area contributed by atoms with Crippen LogP contribution in [0.5, 0.6) is 0 Å². The van der Waals surface area contributed by atoms with Crippen molar-refractivity contribution in [3.8, 4) is 0 Å². The Bertz CT molecular complexity index is 716. The van der Waals surface area contributed by atoms with Gasteiger partial charge >= 0.3 is 17.9 Å². The molecule has 0 aliphatic carbocycles. The molecule has 0 bridgehead atoms. The third kappa shape index (κ3) is 14.4. The minimum Gasteiger partial charge on any atom is -0.480 e. The first-order chi connectivity index (χ1) is 17.2. The quantitative estimate of drug-likeness (QED) is 0.0619. The van der Waals surface area contributed by atoms with Gasteiger partial charge in [-0.15, -0.1) is 0 Å². The first-order valence-electron chi connectivity index (χ1n) is 11.2. The third-order valence-corrected chi connectivity index (χ3v) is 5.39. The standard InChI is InChI=1S/C20H37N5O12/c21-19(36)14(5-12(28)10-26)24(8-17(32)33)3-1-23(7-16(30)31)2-4-25(9-18(34)35)15(20(22)37)6-13(29)11-27/h12-15,26-29H,1-11H2,(H2,21,36)(H2,22,37)(H,30,31)(H,32,33)(H,34,35). The molecule has 17 nitrogen and oxygen atoms in total. The molecule has 0 aromatic carbocycles. The zero-order valence-electron chi connectivity index (χ0n) is 20.3. The fourth-order valence-electron chi connectivity index (χ4n) is 3.59. The molecule has 0 aromatic heterocycles. The van der Waals surface area contributed by atoms with Crippen LogP contribution in [0.2, 0.25) is 0 Å². The van der Waals surface area contributed by atoms with Crippen LogP contribution >= 0.6 is 0 Å². The molecule has 214 valence electrons. The summed E-state index contributed by atoms with van der Waals surface area (Å²) in [6.07, 6.45) is -3.49. The zero-order valence-corrected chi connectivity index (χ0v) is 20.3. The topological polar surface area (TPSA) is 289 Å². The van der Waals surface area contributed by atoms with Gasteiger partial charge in [-0.2, -0.15) is 0 Å². The molecule has 2 amide bonds. The molecule has 0 aliphatic rings. The van der Waals surface area contributed by atoms with Gasteiger partial charge in [-0.05, 0) is 0 Å². The van der Waals surface area contributed by atoms with Gasteiger partial charge in [0.15, 0.2) is 0 Å². The summed E-state index contributed by atoms with van der Waals surface area (Å²) in [6, 6.07) is -2.60. The van der Waals surface area contributed by atoms with Crippen molar-refractivity contribution < 1.29 is 59.7 Å². The maximum atomic E-state index is 11.9. The fraction of sp³-hybridized carbons (Fsp3) is 0.750. The van der Waals surface area contributed by atoms with Gasteiger partial charge in [0.1, 0.15) is 0 Å². The van der Waals surface area contributed by atoms with Crippen LogP contribution in [0.4, 0.5) is 0 Å². The van der Waals surface area contributed by atoms with Crippen LogP contribution < -0.4 is 11.5 Å². The Morgan fingerprint density at radius 2 is 0.919 bits per heavy atom. The van der Waals surface area contributed by atoms with Crippen LogP contribution in [0.25, 0.3) is 0 Å². The lowest BCUT2D eigenvalue weighted by Crippen LogP contribution is -2.53. The molecule has 0 aliphatic heterocycles. The van der Waals surface area contributed by atoms with E-state index in [1.165, 1.54) is 4.90 Å². The SMILES string of the molecule is NC(=O)C(CC(O)CO)N(CCN(CCN(CC(=O)O)C(CC(O)CO)C(N)=O)CC(=O)O)CC(=O)O. The van der Waals surface area contributed by atoms with Gasteiger partial charge in [0, 0.05) is 39.0 Å². The molecule has 0 heterocycles. The summed E-state index contributed by atoms with van der Waals surface area (Å²) in [7, 11) is 0. The number of amides is 2. The molecule has 0 fully saturated rings. The molecular formula is C20H37N5O12. The Balaban J connectivity index is 5.70.